The molecule has 2 rings (SSSR count). The Hall–Kier alpha value is -2.32. The van der Waals surface area contributed by atoms with E-state index in [0.29, 0.717) is 23.6 Å². The molecule has 27 heavy (non-hydrogen) atoms. The van der Waals surface area contributed by atoms with Gasteiger partial charge in [0.2, 0.25) is 0 Å². The van der Waals surface area contributed by atoms with Crippen LogP contribution in [0, 0.1) is 17.2 Å². The molecule has 0 amide bonds. The number of Topliss-reactive ketones (excluding diaryl/α,β-unsaturated/α-hetero) is 1. The largest absolute Gasteiger partial charge is 0.494 e. The van der Waals surface area contributed by atoms with Crippen LogP contribution in [0.1, 0.15) is 45.1 Å². The van der Waals surface area contributed by atoms with Crippen molar-refractivity contribution in [3.63, 3.8) is 0 Å². The molecular weight excluding hydrogens is 356 g/mol. The van der Waals surface area contributed by atoms with E-state index in [1.54, 1.807) is 13.0 Å². The Balaban J connectivity index is 2.38. The number of rotatable bonds is 8. The maximum Gasteiger partial charge on any atom is 0.158 e. The number of allylic oxidation sites excluding steroid dienone is 2. The number of carbonyl (C=O) groups excluding carboxylic acids is 1. The maximum absolute atomic E-state index is 12.3. The van der Waals surface area contributed by atoms with Crippen molar-refractivity contribution in [2.75, 3.05) is 12.4 Å². The number of ketones is 1. The molecule has 0 aromatic heterocycles. The van der Waals surface area contributed by atoms with Gasteiger partial charge in [-0.2, -0.15) is 5.26 Å². The fourth-order valence-electron chi connectivity index (χ4n) is 3.16. The zero-order chi connectivity index (χ0) is 19.8. The summed E-state index contributed by atoms with van der Waals surface area (Å²) in [6, 6.07) is 10.1. The van der Waals surface area contributed by atoms with Crippen LogP contribution in [-0.4, -0.2) is 23.2 Å². The maximum atomic E-state index is 12.3. The Morgan fingerprint density at radius 2 is 2.11 bits per heavy atom. The standard InChI is InChI=1S/C22H26N2O2S/c1-5-7-12-26-18-10-8-17(9-11-18)21-19(14-23)22(27-13-6-2)24-15(3)20(21)16(4)25/h6,8-11,19,21H,2,5,7,12-13H2,1,3-4H3/t19?,21-/m0/s1. The highest BCUT2D eigenvalue weighted by atomic mass is 32.2. The van der Waals surface area contributed by atoms with Gasteiger partial charge in [0, 0.05) is 22.9 Å². The van der Waals surface area contributed by atoms with Crippen molar-refractivity contribution < 1.29 is 9.53 Å². The molecule has 1 aliphatic heterocycles. The molecule has 0 bridgehead atoms. The van der Waals surface area contributed by atoms with Gasteiger partial charge in [0.05, 0.1) is 17.7 Å². The van der Waals surface area contributed by atoms with Crippen molar-refractivity contribution in [3.05, 3.63) is 53.8 Å². The van der Waals surface area contributed by atoms with Crippen molar-refractivity contribution in [1.29, 1.82) is 5.26 Å². The minimum Gasteiger partial charge on any atom is -0.494 e. The first kappa shape index (κ1) is 21.0. The zero-order valence-electron chi connectivity index (χ0n) is 16.2. The minimum absolute atomic E-state index is 0.0439. The number of thioether (sulfide) groups is 1. The van der Waals surface area contributed by atoms with Gasteiger partial charge in [-0.3, -0.25) is 4.79 Å². The third kappa shape index (κ3) is 5.11. The van der Waals surface area contributed by atoms with Crippen molar-refractivity contribution in [3.8, 4) is 11.8 Å². The summed E-state index contributed by atoms with van der Waals surface area (Å²) in [5.74, 6) is 0.636. The summed E-state index contributed by atoms with van der Waals surface area (Å²) < 4.78 is 5.73. The number of nitriles is 1. The fraction of sp³-hybridized carbons (Fsp3) is 0.409. The van der Waals surface area contributed by atoms with Crippen LogP contribution in [0.5, 0.6) is 5.75 Å². The Labute approximate surface area is 166 Å². The molecule has 0 spiro atoms. The summed E-state index contributed by atoms with van der Waals surface area (Å²) in [4.78, 5) is 16.9. The van der Waals surface area contributed by atoms with Crippen LogP contribution in [0.15, 0.2) is 53.2 Å². The van der Waals surface area contributed by atoms with E-state index >= 15 is 0 Å². The van der Waals surface area contributed by atoms with Gasteiger partial charge in [-0.15, -0.1) is 18.3 Å². The Morgan fingerprint density at radius 1 is 1.41 bits per heavy atom. The van der Waals surface area contributed by atoms with E-state index < -0.39 is 5.92 Å². The van der Waals surface area contributed by atoms with E-state index in [4.69, 9.17) is 4.74 Å². The highest BCUT2D eigenvalue weighted by Crippen LogP contribution is 2.41. The summed E-state index contributed by atoms with van der Waals surface area (Å²) in [7, 11) is 0. The smallest absolute Gasteiger partial charge is 0.158 e. The molecule has 1 heterocycles. The first-order valence-corrected chi connectivity index (χ1v) is 10.2. The van der Waals surface area contributed by atoms with Gasteiger partial charge in [-0.1, -0.05) is 31.6 Å². The number of benzene rings is 1. The van der Waals surface area contributed by atoms with Crippen LogP contribution in [0.25, 0.3) is 0 Å². The summed E-state index contributed by atoms with van der Waals surface area (Å²) >= 11 is 1.50. The van der Waals surface area contributed by atoms with Gasteiger partial charge in [0.1, 0.15) is 11.7 Å². The average Bonchev–Trinajstić information content (AvgIpc) is 2.66. The number of aliphatic imine (C=N–C) groups is 1. The van der Waals surface area contributed by atoms with Crippen LogP contribution in [0.3, 0.4) is 0 Å². The second-order valence-electron chi connectivity index (χ2n) is 6.46. The van der Waals surface area contributed by atoms with Gasteiger partial charge in [0.15, 0.2) is 5.78 Å². The number of ether oxygens (including phenoxy) is 1. The molecule has 0 radical (unpaired) electrons. The Bertz CT molecular complexity index is 788. The van der Waals surface area contributed by atoms with Crippen LogP contribution < -0.4 is 4.74 Å². The van der Waals surface area contributed by atoms with E-state index in [1.807, 2.05) is 31.2 Å². The summed E-state index contributed by atoms with van der Waals surface area (Å²) in [6.45, 7) is 9.93. The molecule has 1 aliphatic rings. The fourth-order valence-corrected chi connectivity index (χ4v) is 4.02. The lowest BCUT2D eigenvalue weighted by Gasteiger charge is -2.29. The summed E-state index contributed by atoms with van der Waals surface area (Å²) in [6.07, 6.45) is 3.89. The minimum atomic E-state index is -0.482. The molecule has 4 nitrogen and oxygen atoms in total. The molecule has 142 valence electrons. The number of hydrogen-bond donors (Lipinski definition) is 0. The SMILES string of the molecule is C=CCSC1=NC(C)=C(C(C)=O)[C@@H](c2ccc(OCCCC)cc2)C1C#N. The molecule has 0 N–H and O–H groups in total. The van der Waals surface area contributed by atoms with Crippen molar-refractivity contribution in [2.24, 2.45) is 10.9 Å². The molecule has 2 atom stereocenters. The normalized spacial score (nSPS) is 19.3. The highest BCUT2D eigenvalue weighted by molar-refractivity contribution is 8.14. The van der Waals surface area contributed by atoms with Gasteiger partial charge >= 0.3 is 0 Å². The van der Waals surface area contributed by atoms with Gasteiger partial charge in [-0.05, 0) is 38.0 Å². The van der Waals surface area contributed by atoms with Gasteiger partial charge < -0.3 is 4.74 Å². The highest BCUT2D eigenvalue weighted by Gasteiger charge is 2.37. The molecule has 0 aliphatic carbocycles. The van der Waals surface area contributed by atoms with E-state index in [2.05, 4.69) is 24.6 Å². The average molecular weight is 383 g/mol. The zero-order valence-corrected chi connectivity index (χ0v) is 17.0. The molecule has 0 saturated heterocycles. The van der Waals surface area contributed by atoms with E-state index in [9.17, 15) is 10.1 Å². The third-order valence-corrected chi connectivity index (χ3v) is 5.49. The quantitative estimate of drug-likeness (QED) is 0.453. The van der Waals surface area contributed by atoms with E-state index in [-0.39, 0.29) is 11.7 Å². The van der Waals surface area contributed by atoms with Gasteiger partial charge in [-0.25, -0.2) is 4.99 Å². The predicted molar refractivity (Wildman–Crippen MR) is 112 cm³/mol. The number of unbranched alkanes of at least 4 members (excludes halogenated alkanes) is 1. The molecule has 1 unspecified atom stereocenters. The Morgan fingerprint density at radius 3 is 2.67 bits per heavy atom. The van der Waals surface area contributed by atoms with Crippen LogP contribution in [0.4, 0.5) is 0 Å². The van der Waals surface area contributed by atoms with Crippen LogP contribution in [-0.2, 0) is 4.79 Å². The van der Waals surface area contributed by atoms with Crippen LogP contribution >= 0.6 is 11.8 Å². The first-order chi connectivity index (χ1) is 13.0. The second kappa shape index (κ2) is 10.1. The second-order valence-corrected chi connectivity index (χ2v) is 7.50. The predicted octanol–water partition coefficient (Wildman–Crippen LogP) is 5.28. The summed E-state index contributed by atoms with van der Waals surface area (Å²) in [5, 5.41) is 10.6. The number of nitrogens with zero attached hydrogens (tertiary/aromatic N) is 2. The molecule has 0 saturated carbocycles. The molecule has 0 fully saturated rings. The molecule has 1 aromatic carbocycles. The van der Waals surface area contributed by atoms with E-state index in [0.717, 1.165) is 29.2 Å². The van der Waals surface area contributed by atoms with Crippen LogP contribution in [0.2, 0.25) is 0 Å². The monoisotopic (exact) mass is 382 g/mol. The lowest BCUT2D eigenvalue weighted by Crippen LogP contribution is -2.28. The number of carbonyl (C=O) groups is 1. The van der Waals surface area contributed by atoms with Crippen molar-refractivity contribution >= 4 is 22.6 Å². The topological polar surface area (TPSA) is 62.4 Å². The molecule has 1 aromatic rings. The lowest BCUT2D eigenvalue weighted by atomic mass is 9.77. The summed E-state index contributed by atoms with van der Waals surface area (Å²) in [5.41, 5.74) is 2.23. The lowest BCUT2D eigenvalue weighted by molar-refractivity contribution is -0.114. The van der Waals surface area contributed by atoms with Crippen molar-refractivity contribution in [2.45, 2.75) is 39.5 Å². The molecule has 5 heteroatoms. The van der Waals surface area contributed by atoms with Gasteiger partial charge in [0.25, 0.3) is 0 Å². The molecular formula is C22H26N2O2S. The Kier molecular flexibility index (Phi) is 7.87. The third-order valence-electron chi connectivity index (χ3n) is 4.45. The van der Waals surface area contributed by atoms with E-state index in [1.165, 1.54) is 11.8 Å². The number of hydrogen-bond acceptors (Lipinski definition) is 5. The first-order valence-electron chi connectivity index (χ1n) is 9.19. The van der Waals surface area contributed by atoms with Crippen molar-refractivity contribution in [1.82, 2.24) is 0 Å².